The van der Waals surface area contributed by atoms with Gasteiger partial charge in [-0.05, 0) is 50.4 Å². The average Bonchev–Trinajstić information content (AvgIpc) is 2.80. The number of nitrogens with zero attached hydrogens (tertiary/aromatic N) is 2. The molecule has 2 nitrogen and oxygen atoms in total. The molecule has 1 aromatic heterocycles. The van der Waals surface area contributed by atoms with E-state index in [1.807, 2.05) is 12.3 Å². The predicted molar refractivity (Wildman–Crippen MR) is 70.1 cm³/mol. The first kappa shape index (κ1) is 12.2. The van der Waals surface area contributed by atoms with E-state index in [2.05, 4.69) is 25.2 Å². The van der Waals surface area contributed by atoms with Gasteiger partial charge in [0.05, 0.1) is 16.1 Å². The smallest absolute Gasteiger partial charge is 0.123 e. The van der Waals surface area contributed by atoms with Crippen molar-refractivity contribution in [2.45, 2.75) is 18.6 Å². The van der Waals surface area contributed by atoms with Crippen molar-refractivity contribution < 1.29 is 4.39 Å². The minimum Gasteiger partial charge on any atom is -0.241 e. The van der Waals surface area contributed by atoms with E-state index in [-0.39, 0.29) is 10.6 Å². The van der Waals surface area contributed by atoms with E-state index in [0.717, 1.165) is 11.4 Å². The summed E-state index contributed by atoms with van der Waals surface area (Å²) in [6.45, 7) is 4.27. The van der Waals surface area contributed by atoms with Crippen LogP contribution in [0.4, 0.5) is 4.39 Å². The lowest BCUT2D eigenvalue weighted by atomic mass is 10.1. The highest BCUT2D eigenvalue weighted by Crippen LogP contribution is 2.32. The van der Waals surface area contributed by atoms with Crippen LogP contribution in [0.3, 0.4) is 0 Å². The predicted octanol–water partition coefficient (Wildman–Crippen LogP) is 3.61. The van der Waals surface area contributed by atoms with Gasteiger partial charge in [0.15, 0.2) is 0 Å². The topological polar surface area (TPSA) is 17.8 Å². The second-order valence-electron chi connectivity index (χ2n) is 4.34. The average molecular weight is 250 g/mol. The minimum absolute atomic E-state index is 0.00865. The lowest BCUT2D eigenvalue weighted by Crippen LogP contribution is -2.12. The Balaban J connectivity index is 2.33. The quantitative estimate of drug-likeness (QED) is 0.828. The molecule has 90 valence electrons. The first-order valence-electron chi connectivity index (χ1n) is 5.40. The first-order chi connectivity index (χ1) is 8.03. The van der Waals surface area contributed by atoms with Gasteiger partial charge < -0.3 is 0 Å². The molecule has 4 heteroatoms. The molecule has 0 radical (unpaired) electrons. The summed E-state index contributed by atoms with van der Waals surface area (Å²) < 4.78 is 14.6. The summed E-state index contributed by atoms with van der Waals surface area (Å²) in [6.07, 6.45) is 3.97. The van der Waals surface area contributed by atoms with Gasteiger partial charge in [-0.15, -0.1) is 0 Å². The zero-order valence-electron chi connectivity index (χ0n) is 10.1. The molecule has 0 spiro atoms. The van der Waals surface area contributed by atoms with Crippen molar-refractivity contribution in [3.63, 3.8) is 0 Å². The molecular formula is C13H15FN2S. The van der Waals surface area contributed by atoms with Crippen LogP contribution >= 0.6 is 11.8 Å². The molecule has 1 aromatic carbocycles. The Kier molecular flexibility index (Phi) is 3.24. The van der Waals surface area contributed by atoms with Crippen molar-refractivity contribution >= 4 is 11.8 Å². The molecule has 0 saturated carbocycles. The van der Waals surface area contributed by atoms with Crippen LogP contribution in [0.2, 0.25) is 0 Å². The first-order valence-corrected chi connectivity index (χ1v) is 6.62. The summed E-state index contributed by atoms with van der Waals surface area (Å²) >= 11 is 1.76. The van der Waals surface area contributed by atoms with Crippen LogP contribution in [0.5, 0.6) is 0 Å². The Bertz CT molecular complexity index is 502. The molecule has 2 aromatic rings. The van der Waals surface area contributed by atoms with E-state index in [4.69, 9.17) is 0 Å². The largest absolute Gasteiger partial charge is 0.241 e. The number of thioether (sulfide) groups is 1. The van der Waals surface area contributed by atoms with Crippen LogP contribution in [0, 0.1) is 5.82 Å². The van der Waals surface area contributed by atoms with E-state index in [9.17, 15) is 4.39 Å². The fraction of sp³-hybridized carbons (Fsp3) is 0.308. The molecule has 0 bridgehead atoms. The standard InChI is InChI=1S/C13H15FN2S/c1-13(2,17-3)12-8-9-16(15-12)11-6-4-10(14)5-7-11/h4-9H,1-3H3. The SMILES string of the molecule is CSC(C)(C)c1ccn(-c2ccc(F)cc2)n1. The molecule has 0 saturated heterocycles. The molecule has 2 rings (SSSR count). The third-order valence-corrected chi connectivity index (χ3v) is 4.04. The van der Waals surface area contributed by atoms with Crippen molar-refractivity contribution in [2.24, 2.45) is 0 Å². The van der Waals surface area contributed by atoms with Gasteiger partial charge in [-0.2, -0.15) is 16.9 Å². The molecule has 1 heterocycles. The van der Waals surface area contributed by atoms with Crippen molar-refractivity contribution in [1.82, 2.24) is 9.78 Å². The number of benzene rings is 1. The monoisotopic (exact) mass is 250 g/mol. The second kappa shape index (κ2) is 4.53. The minimum atomic E-state index is -0.231. The van der Waals surface area contributed by atoms with E-state index in [0.29, 0.717) is 0 Å². The van der Waals surface area contributed by atoms with Gasteiger partial charge in [0.1, 0.15) is 5.82 Å². The van der Waals surface area contributed by atoms with Crippen LogP contribution in [0.1, 0.15) is 19.5 Å². The van der Waals surface area contributed by atoms with Gasteiger partial charge in [-0.3, -0.25) is 0 Å². The maximum Gasteiger partial charge on any atom is 0.123 e. The molecular weight excluding hydrogens is 235 g/mol. The zero-order valence-corrected chi connectivity index (χ0v) is 11.0. The Morgan fingerprint density at radius 1 is 1.18 bits per heavy atom. The normalized spacial score (nSPS) is 11.8. The summed E-state index contributed by atoms with van der Waals surface area (Å²) in [5.74, 6) is -0.231. The van der Waals surface area contributed by atoms with Crippen LogP contribution < -0.4 is 0 Å². The van der Waals surface area contributed by atoms with Gasteiger partial charge in [-0.1, -0.05) is 0 Å². The Hall–Kier alpha value is -1.29. The highest BCUT2D eigenvalue weighted by Gasteiger charge is 2.21. The van der Waals surface area contributed by atoms with Gasteiger partial charge in [0.25, 0.3) is 0 Å². The molecule has 0 unspecified atom stereocenters. The summed E-state index contributed by atoms with van der Waals surface area (Å²) in [4.78, 5) is 0. The van der Waals surface area contributed by atoms with E-state index in [1.165, 1.54) is 12.1 Å². The van der Waals surface area contributed by atoms with Gasteiger partial charge in [0, 0.05) is 6.20 Å². The number of hydrogen-bond acceptors (Lipinski definition) is 2. The second-order valence-corrected chi connectivity index (χ2v) is 5.77. The molecule has 0 N–H and O–H groups in total. The lowest BCUT2D eigenvalue weighted by Gasteiger charge is -2.18. The fourth-order valence-corrected chi connectivity index (χ4v) is 1.81. The Morgan fingerprint density at radius 3 is 2.41 bits per heavy atom. The molecule has 0 fully saturated rings. The van der Waals surface area contributed by atoms with Crippen molar-refractivity contribution in [3.05, 3.63) is 48.0 Å². The van der Waals surface area contributed by atoms with Gasteiger partial charge >= 0.3 is 0 Å². The highest BCUT2D eigenvalue weighted by molar-refractivity contribution is 7.99. The van der Waals surface area contributed by atoms with Crippen LogP contribution in [0.25, 0.3) is 5.69 Å². The molecule has 0 atom stereocenters. The van der Waals surface area contributed by atoms with E-state index >= 15 is 0 Å². The molecule has 0 amide bonds. The zero-order chi connectivity index (χ0) is 12.5. The third-order valence-electron chi connectivity index (χ3n) is 2.81. The summed E-state index contributed by atoms with van der Waals surface area (Å²) in [5.41, 5.74) is 1.89. The lowest BCUT2D eigenvalue weighted by molar-refractivity contribution is 0.626. The van der Waals surface area contributed by atoms with Crippen molar-refractivity contribution in [1.29, 1.82) is 0 Å². The van der Waals surface area contributed by atoms with Gasteiger partial charge in [0.2, 0.25) is 0 Å². The van der Waals surface area contributed by atoms with Crippen molar-refractivity contribution in [2.75, 3.05) is 6.26 Å². The maximum atomic E-state index is 12.8. The Morgan fingerprint density at radius 2 is 1.82 bits per heavy atom. The number of halogens is 1. The summed E-state index contributed by atoms with van der Waals surface area (Å²) in [7, 11) is 0. The van der Waals surface area contributed by atoms with Crippen LogP contribution in [-0.4, -0.2) is 16.0 Å². The highest BCUT2D eigenvalue weighted by atomic mass is 32.2. The van der Waals surface area contributed by atoms with Crippen molar-refractivity contribution in [3.8, 4) is 5.69 Å². The molecule has 0 aliphatic carbocycles. The van der Waals surface area contributed by atoms with E-state index < -0.39 is 0 Å². The number of rotatable bonds is 3. The number of hydrogen-bond donors (Lipinski definition) is 0. The van der Waals surface area contributed by atoms with E-state index in [1.54, 1.807) is 28.6 Å². The van der Waals surface area contributed by atoms with Crippen LogP contribution in [-0.2, 0) is 4.75 Å². The Labute approximate surface area is 105 Å². The maximum absolute atomic E-state index is 12.8. The molecule has 0 aliphatic heterocycles. The fourth-order valence-electron chi connectivity index (χ4n) is 1.49. The summed E-state index contributed by atoms with van der Waals surface area (Å²) in [5, 5.41) is 4.53. The third kappa shape index (κ3) is 2.52. The molecule has 0 aliphatic rings. The van der Waals surface area contributed by atoms with Gasteiger partial charge in [-0.25, -0.2) is 9.07 Å². The summed E-state index contributed by atoms with van der Waals surface area (Å²) in [6, 6.07) is 8.32. The number of aromatic nitrogens is 2. The molecule has 17 heavy (non-hydrogen) atoms. The van der Waals surface area contributed by atoms with Crippen LogP contribution in [0.15, 0.2) is 36.5 Å².